The van der Waals surface area contributed by atoms with Gasteiger partial charge in [0.05, 0.1) is 29.3 Å². The third kappa shape index (κ3) is 5.28. The van der Waals surface area contributed by atoms with Gasteiger partial charge in [-0.05, 0) is 12.1 Å². The molecule has 0 aliphatic carbocycles. The molecule has 3 rings (SSSR count). The predicted octanol–water partition coefficient (Wildman–Crippen LogP) is 3.37. The molecule has 0 spiro atoms. The summed E-state index contributed by atoms with van der Waals surface area (Å²) in [5.41, 5.74) is 0.779. The van der Waals surface area contributed by atoms with Gasteiger partial charge in [0.1, 0.15) is 11.0 Å². The van der Waals surface area contributed by atoms with E-state index in [0.29, 0.717) is 17.5 Å². The van der Waals surface area contributed by atoms with Crippen LogP contribution in [0.4, 0.5) is 11.4 Å². The first-order chi connectivity index (χ1) is 14.4. The summed E-state index contributed by atoms with van der Waals surface area (Å²) in [6.45, 7) is 0.314. The molecule has 0 bridgehead atoms. The molecular formula is C19H17ClN4O5S. The largest absolute Gasteiger partial charge is 0.496 e. The van der Waals surface area contributed by atoms with Crippen molar-refractivity contribution in [3.8, 4) is 5.75 Å². The van der Waals surface area contributed by atoms with Gasteiger partial charge in [0.2, 0.25) is 11.8 Å². The summed E-state index contributed by atoms with van der Waals surface area (Å²) < 4.78 is 5.28. The van der Waals surface area contributed by atoms with Crippen LogP contribution in [0.1, 0.15) is 12.0 Å². The van der Waals surface area contributed by atoms with Gasteiger partial charge < -0.3 is 15.4 Å². The molecule has 0 unspecified atom stereocenters. The van der Waals surface area contributed by atoms with E-state index in [4.69, 9.17) is 16.3 Å². The number of halogens is 1. The Balaban J connectivity index is 1.61. The Labute approximate surface area is 181 Å². The number of amidine groups is 1. The lowest BCUT2D eigenvalue weighted by molar-refractivity contribution is -0.384. The number of nitrogens with zero attached hydrogens (tertiary/aromatic N) is 2. The minimum Gasteiger partial charge on any atom is -0.496 e. The highest BCUT2D eigenvalue weighted by Crippen LogP contribution is 2.28. The van der Waals surface area contributed by atoms with Crippen molar-refractivity contribution in [3.05, 3.63) is 63.2 Å². The molecule has 1 aliphatic rings. The van der Waals surface area contributed by atoms with Crippen LogP contribution in [0.15, 0.2) is 47.5 Å². The van der Waals surface area contributed by atoms with Crippen molar-refractivity contribution in [3.63, 3.8) is 0 Å². The van der Waals surface area contributed by atoms with Crippen molar-refractivity contribution in [2.75, 3.05) is 12.4 Å². The molecule has 1 aliphatic heterocycles. The first-order valence-corrected chi connectivity index (χ1v) is 10.0. The molecule has 11 heteroatoms. The monoisotopic (exact) mass is 448 g/mol. The topological polar surface area (TPSA) is 123 Å². The fraction of sp³-hybridized carbons (Fsp3) is 0.211. The van der Waals surface area contributed by atoms with Crippen molar-refractivity contribution in [2.45, 2.75) is 18.2 Å². The number of nitro benzene ring substituents is 1. The molecule has 1 atom stereocenters. The number of benzene rings is 2. The van der Waals surface area contributed by atoms with Gasteiger partial charge in [-0.3, -0.25) is 24.7 Å². The van der Waals surface area contributed by atoms with Gasteiger partial charge in [-0.25, -0.2) is 0 Å². The summed E-state index contributed by atoms with van der Waals surface area (Å²) in [6, 6.07) is 11.1. The van der Waals surface area contributed by atoms with E-state index in [-0.39, 0.29) is 28.7 Å². The average molecular weight is 449 g/mol. The summed E-state index contributed by atoms with van der Waals surface area (Å²) >= 11 is 7.14. The lowest BCUT2D eigenvalue weighted by Crippen LogP contribution is -2.28. The quantitative estimate of drug-likeness (QED) is 0.494. The number of nitro groups is 1. The van der Waals surface area contributed by atoms with Crippen LogP contribution in [0, 0.1) is 10.1 Å². The van der Waals surface area contributed by atoms with E-state index in [1.807, 2.05) is 24.3 Å². The second-order valence-electron chi connectivity index (χ2n) is 6.20. The van der Waals surface area contributed by atoms with Crippen molar-refractivity contribution >= 4 is 51.7 Å². The molecule has 2 amide bonds. The zero-order valence-corrected chi connectivity index (χ0v) is 17.3. The Hall–Kier alpha value is -3.11. The highest BCUT2D eigenvalue weighted by atomic mass is 35.5. The zero-order chi connectivity index (χ0) is 21.7. The number of para-hydroxylation sites is 1. The Kier molecular flexibility index (Phi) is 6.91. The maximum absolute atomic E-state index is 12.3. The first-order valence-electron chi connectivity index (χ1n) is 8.75. The molecule has 0 radical (unpaired) electrons. The molecular weight excluding hydrogens is 432 g/mol. The molecule has 1 heterocycles. The third-order valence-electron chi connectivity index (χ3n) is 4.17. The number of carbonyl (C=O) groups excluding carboxylic acids is 2. The van der Waals surface area contributed by atoms with Gasteiger partial charge in [-0.15, -0.1) is 0 Å². The number of anilines is 1. The van der Waals surface area contributed by atoms with E-state index in [1.54, 1.807) is 7.11 Å². The fourth-order valence-corrected chi connectivity index (χ4v) is 3.83. The number of hydrogen-bond acceptors (Lipinski definition) is 7. The highest BCUT2D eigenvalue weighted by Gasteiger charge is 2.32. The van der Waals surface area contributed by atoms with Crippen LogP contribution in [-0.4, -0.2) is 34.3 Å². The van der Waals surface area contributed by atoms with E-state index in [9.17, 15) is 19.7 Å². The summed E-state index contributed by atoms with van der Waals surface area (Å²) in [7, 11) is 1.57. The molecule has 1 fully saturated rings. The maximum Gasteiger partial charge on any atom is 0.271 e. The summed E-state index contributed by atoms with van der Waals surface area (Å²) in [6.07, 6.45) is -0.136. The van der Waals surface area contributed by atoms with Gasteiger partial charge in [0.25, 0.3) is 5.69 Å². The minimum absolute atomic E-state index is 0.115. The number of aliphatic imine (C=N–C) groups is 1. The van der Waals surface area contributed by atoms with E-state index in [1.165, 1.54) is 18.2 Å². The minimum atomic E-state index is -0.668. The van der Waals surface area contributed by atoms with Crippen LogP contribution in [0.25, 0.3) is 0 Å². The number of ether oxygens (including phenoxy) is 1. The Morgan fingerprint density at radius 2 is 2.13 bits per heavy atom. The average Bonchev–Trinajstić information content (AvgIpc) is 3.07. The summed E-state index contributed by atoms with van der Waals surface area (Å²) in [4.78, 5) is 39.2. The molecule has 0 saturated carbocycles. The third-order valence-corrected chi connectivity index (χ3v) is 5.62. The number of nitrogens with one attached hydrogen (secondary N) is 2. The molecule has 0 aromatic heterocycles. The van der Waals surface area contributed by atoms with E-state index < -0.39 is 16.1 Å². The van der Waals surface area contributed by atoms with Gasteiger partial charge >= 0.3 is 0 Å². The standard InChI is InChI=1S/C19H17ClN4O5S/c1-29-15-5-3-2-4-11(15)10-21-19-23-18(26)16(30-19)9-17(25)22-14-8-12(24(27)28)6-7-13(14)20/h2-8,16H,9-10H2,1H3,(H,22,25)(H,21,23,26)/t16-/m0/s1. The van der Waals surface area contributed by atoms with E-state index >= 15 is 0 Å². The first kappa shape index (κ1) is 21.6. The van der Waals surface area contributed by atoms with Crippen molar-refractivity contribution < 1.29 is 19.2 Å². The lowest BCUT2D eigenvalue weighted by Gasteiger charge is -2.09. The van der Waals surface area contributed by atoms with E-state index in [2.05, 4.69) is 15.6 Å². The highest BCUT2D eigenvalue weighted by molar-refractivity contribution is 8.15. The molecule has 30 heavy (non-hydrogen) atoms. The number of thioether (sulfide) groups is 1. The Bertz CT molecular complexity index is 1030. The maximum atomic E-state index is 12.3. The smallest absolute Gasteiger partial charge is 0.271 e. The fourth-order valence-electron chi connectivity index (χ4n) is 2.70. The van der Waals surface area contributed by atoms with Crippen LogP contribution in [0.2, 0.25) is 5.02 Å². The molecule has 9 nitrogen and oxygen atoms in total. The summed E-state index contributed by atoms with van der Waals surface area (Å²) in [5, 5.41) is 16.0. The second kappa shape index (κ2) is 9.59. The van der Waals surface area contributed by atoms with Crippen LogP contribution in [-0.2, 0) is 16.1 Å². The van der Waals surface area contributed by atoms with Crippen LogP contribution in [0.5, 0.6) is 5.75 Å². The van der Waals surface area contributed by atoms with Crippen molar-refractivity contribution in [1.29, 1.82) is 0 Å². The number of hydrogen-bond donors (Lipinski definition) is 2. The predicted molar refractivity (Wildman–Crippen MR) is 115 cm³/mol. The van der Waals surface area contributed by atoms with Crippen LogP contribution in [0.3, 0.4) is 0 Å². The molecule has 2 aromatic carbocycles. The molecule has 2 N–H and O–H groups in total. The lowest BCUT2D eigenvalue weighted by atomic mass is 10.2. The number of rotatable bonds is 7. The van der Waals surface area contributed by atoms with Gasteiger partial charge in [-0.2, -0.15) is 0 Å². The number of non-ortho nitro benzene ring substituents is 1. The second-order valence-corrected chi connectivity index (χ2v) is 7.80. The zero-order valence-electron chi connectivity index (χ0n) is 15.8. The Morgan fingerprint density at radius 3 is 2.87 bits per heavy atom. The van der Waals surface area contributed by atoms with Crippen molar-refractivity contribution in [2.24, 2.45) is 4.99 Å². The van der Waals surface area contributed by atoms with Crippen LogP contribution >= 0.6 is 23.4 Å². The Morgan fingerprint density at radius 1 is 1.37 bits per heavy atom. The number of amides is 2. The molecule has 2 aromatic rings. The van der Waals surface area contributed by atoms with Gasteiger partial charge in [0.15, 0.2) is 5.17 Å². The SMILES string of the molecule is COc1ccccc1CN=C1NC(=O)[C@H](CC(=O)Nc2cc([N+](=O)[O-])ccc2Cl)S1. The van der Waals surface area contributed by atoms with Crippen molar-refractivity contribution in [1.82, 2.24) is 5.32 Å². The van der Waals surface area contributed by atoms with Gasteiger partial charge in [0, 0.05) is 24.1 Å². The van der Waals surface area contributed by atoms with Gasteiger partial charge in [-0.1, -0.05) is 41.6 Å². The number of carbonyl (C=O) groups is 2. The van der Waals surface area contributed by atoms with Crippen LogP contribution < -0.4 is 15.4 Å². The molecule has 1 saturated heterocycles. The normalized spacial score (nSPS) is 16.9. The molecule has 156 valence electrons. The number of methoxy groups -OCH3 is 1. The summed E-state index contributed by atoms with van der Waals surface area (Å²) in [5.74, 6) is -0.129. The van der Waals surface area contributed by atoms with E-state index in [0.717, 1.165) is 17.3 Å².